The normalized spacial score (nSPS) is 11.0. The molecule has 0 radical (unpaired) electrons. The number of carbonyl (C=O) groups is 1. The maximum absolute atomic E-state index is 12.5. The number of benzene rings is 2. The first-order valence-electron chi connectivity index (χ1n) is 6.76. The fourth-order valence-electron chi connectivity index (χ4n) is 2.32. The zero-order valence-electron chi connectivity index (χ0n) is 11.9. The lowest BCUT2D eigenvalue weighted by Crippen LogP contribution is -2.12. The summed E-state index contributed by atoms with van der Waals surface area (Å²) in [6, 6.07) is 11.4. The molecule has 2 aromatic carbocycles. The molecule has 3 rings (SSSR count). The highest BCUT2D eigenvalue weighted by molar-refractivity contribution is 6.30. The lowest BCUT2D eigenvalue weighted by Gasteiger charge is -2.05. The van der Waals surface area contributed by atoms with Gasteiger partial charge in [-0.1, -0.05) is 23.7 Å². The predicted molar refractivity (Wildman–Crippen MR) is 85.0 cm³/mol. The Morgan fingerprint density at radius 2 is 1.81 bits per heavy atom. The lowest BCUT2D eigenvalue weighted by molar-refractivity contribution is 0.0919. The second-order valence-corrected chi connectivity index (χ2v) is 5.67. The van der Waals surface area contributed by atoms with Crippen LogP contribution in [-0.4, -0.2) is 15.5 Å². The topological polar surface area (TPSA) is 34.9 Å². The van der Waals surface area contributed by atoms with Crippen molar-refractivity contribution < 1.29 is 4.79 Å². The summed E-state index contributed by atoms with van der Waals surface area (Å²) in [5.74, 6) is 0.00285. The Bertz CT molecular complexity index is 819. The van der Waals surface area contributed by atoms with Crippen molar-refractivity contribution in [2.45, 2.75) is 20.3 Å². The third-order valence-corrected chi connectivity index (χ3v) is 3.95. The highest BCUT2D eigenvalue weighted by Gasteiger charge is 2.12. The molecule has 3 aromatic rings. The number of aromatic nitrogens is 2. The van der Waals surface area contributed by atoms with E-state index in [4.69, 9.17) is 11.6 Å². The maximum Gasteiger partial charge on any atom is 0.236 e. The van der Waals surface area contributed by atoms with E-state index in [0.29, 0.717) is 11.4 Å². The van der Waals surface area contributed by atoms with Gasteiger partial charge < -0.3 is 0 Å². The van der Waals surface area contributed by atoms with Gasteiger partial charge in [0.05, 0.1) is 17.5 Å². The van der Waals surface area contributed by atoms with Gasteiger partial charge in [-0.2, -0.15) is 0 Å². The van der Waals surface area contributed by atoms with Gasteiger partial charge in [0.15, 0.2) is 0 Å². The second-order valence-electron chi connectivity index (χ2n) is 5.24. The van der Waals surface area contributed by atoms with Crippen LogP contribution in [0.15, 0.2) is 42.7 Å². The number of carbonyl (C=O) groups excluding carboxylic acids is 1. The largest absolute Gasteiger partial charge is 0.274 e. The fraction of sp³-hybridized carbons (Fsp3) is 0.176. The summed E-state index contributed by atoms with van der Waals surface area (Å²) < 4.78 is 1.62. The molecule has 0 N–H and O–H groups in total. The standard InChI is InChI=1S/C17H15ClN2O/c1-11-7-15-16(8-12(11)2)20(10-19-15)17(21)9-13-3-5-14(18)6-4-13/h3-8,10H,9H2,1-2H3. The monoisotopic (exact) mass is 298 g/mol. The molecule has 21 heavy (non-hydrogen) atoms. The first-order valence-corrected chi connectivity index (χ1v) is 7.14. The van der Waals surface area contributed by atoms with Gasteiger partial charge in [0.2, 0.25) is 5.91 Å². The average molecular weight is 299 g/mol. The molecular formula is C17H15ClN2O. The van der Waals surface area contributed by atoms with Crippen LogP contribution in [0.5, 0.6) is 0 Å². The van der Waals surface area contributed by atoms with Crippen molar-refractivity contribution >= 4 is 28.5 Å². The van der Waals surface area contributed by atoms with Crippen LogP contribution in [-0.2, 0) is 6.42 Å². The first kappa shape index (κ1) is 13.8. The van der Waals surface area contributed by atoms with E-state index in [1.54, 1.807) is 23.0 Å². The Labute approximate surface area is 128 Å². The summed E-state index contributed by atoms with van der Waals surface area (Å²) in [6.45, 7) is 4.08. The average Bonchev–Trinajstić information content (AvgIpc) is 2.85. The number of fused-ring (bicyclic) bond motifs is 1. The Hall–Kier alpha value is -2.13. The molecule has 0 spiro atoms. The molecule has 106 valence electrons. The summed E-state index contributed by atoms with van der Waals surface area (Å²) in [6.07, 6.45) is 1.93. The Balaban J connectivity index is 1.94. The molecule has 0 unspecified atom stereocenters. The van der Waals surface area contributed by atoms with E-state index in [1.807, 2.05) is 38.1 Å². The van der Waals surface area contributed by atoms with Crippen molar-refractivity contribution in [3.63, 3.8) is 0 Å². The van der Waals surface area contributed by atoms with E-state index in [0.717, 1.165) is 22.2 Å². The third kappa shape index (κ3) is 2.69. The zero-order valence-corrected chi connectivity index (χ0v) is 12.7. The van der Waals surface area contributed by atoms with Crippen LogP contribution < -0.4 is 0 Å². The highest BCUT2D eigenvalue weighted by Crippen LogP contribution is 2.19. The Morgan fingerprint density at radius 1 is 1.14 bits per heavy atom. The lowest BCUT2D eigenvalue weighted by atomic mass is 10.1. The van der Waals surface area contributed by atoms with Crippen LogP contribution in [0.25, 0.3) is 11.0 Å². The van der Waals surface area contributed by atoms with E-state index >= 15 is 0 Å². The molecule has 0 aliphatic carbocycles. The minimum atomic E-state index is 0.00285. The van der Waals surface area contributed by atoms with Gasteiger partial charge in [-0.05, 0) is 54.8 Å². The zero-order chi connectivity index (χ0) is 15.0. The van der Waals surface area contributed by atoms with Crippen molar-refractivity contribution in [2.24, 2.45) is 0 Å². The van der Waals surface area contributed by atoms with Crippen LogP contribution in [0.2, 0.25) is 5.02 Å². The van der Waals surface area contributed by atoms with Crippen LogP contribution in [0, 0.1) is 13.8 Å². The number of hydrogen-bond donors (Lipinski definition) is 0. The quantitative estimate of drug-likeness (QED) is 0.711. The van der Waals surface area contributed by atoms with Crippen molar-refractivity contribution in [1.29, 1.82) is 0 Å². The second kappa shape index (κ2) is 5.34. The van der Waals surface area contributed by atoms with Crippen LogP contribution in [0.4, 0.5) is 0 Å². The highest BCUT2D eigenvalue weighted by atomic mass is 35.5. The fourth-order valence-corrected chi connectivity index (χ4v) is 2.45. The summed E-state index contributed by atoms with van der Waals surface area (Å²) in [5, 5.41) is 0.672. The molecule has 1 heterocycles. The molecule has 0 bridgehead atoms. The smallest absolute Gasteiger partial charge is 0.236 e. The van der Waals surface area contributed by atoms with Gasteiger partial charge in [-0.25, -0.2) is 4.98 Å². The van der Waals surface area contributed by atoms with Gasteiger partial charge in [0.25, 0.3) is 0 Å². The van der Waals surface area contributed by atoms with Crippen molar-refractivity contribution in [3.05, 3.63) is 64.4 Å². The molecule has 0 aliphatic heterocycles. The summed E-state index contributed by atoms with van der Waals surface area (Å²) >= 11 is 5.86. The number of nitrogens with zero attached hydrogens (tertiary/aromatic N) is 2. The first-order chi connectivity index (χ1) is 10.0. The number of aryl methyl sites for hydroxylation is 2. The van der Waals surface area contributed by atoms with Gasteiger partial charge in [-0.15, -0.1) is 0 Å². The number of hydrogen-bond acceptors (Lipinski definition) is 2. The van der Waals surface area contributed by atoms with Gasteiger partial charge >= 0.3 is 0 Å². The van der Waals surface area contributed by atoms with Crippen LogP contribution >= 0.6 is 11.6 Å². The van der Waals surface area contributed by atoms with E-state index in [1.165, 1.54) is 5.56 Å². The maximum atomic E-state index is 12.5. The van der Waals surface area contributed by atoms with E-state index < -0.39 is 0 Å². The Morgan fingerprint density at radius 3 is 2.52 bits per heavy atom. The van der Waals surface area contributed by atoms with Crippen molar-refractivity contribution in [2.75, 3.05) is 0 Å². The molecular weight excluding hydrogens is 284 g/mol. The number of halogens is 1. The van der Waals surface area contributed by atoms with Gasteiger partial charge in [0.1, 0.15) is 6.33 Å². The van der Waals surface area contributed by atoms with Gasteiger partial charge in [0, 0.05) is 5.02 Å². The number of rotatable bonds is 2. The molecule has 0 amide bonds. The number of imidazole rings is 1. The minimum absolute atomic E-state index is 0.00285. The van der Waals surface area contributed by atoms with Crippen molar-refractivity contribution in [3.8, 4) is 0 Å². The predicted octanol–water partition coefficient (Wildman–Crippen LogP) is 4.19. The molecule has 0 saturated carbocycles. The van der Waals surface area contributed by atoms with E-state index in [2.05, 4.69) is 4.98 Å². The minimum Gasteiger partial charge on any atom is -0.274 e. The molecule has 0 fully saturated rings. The van der Waals surface area contributed by atoms with Gasteiger partial charge in [-0.3, -0.25) is 9.36 Å². The Kier molecular flexibility index (Phi) is 3.52. The molecule has 3 nitrogen and oxygen atoms in total. The summed E-state index contributed by atoms with van der Waals surface area (Å²) in [7, 11) is 0. The molecule has 1 aromatic heterocycles. The summed E-state index contributed by atoms with van der Waals surface area (Å²) in [4.78, 5) is 16.8. The van der Waals surface area contributed by atoms with E-state index in [-0.39, 0.29) is 5.91 Å². The van der Waals surface area contributed by atoms with Crippen LogP contribution in [0.3, 0.4) is 0 Å². The molecule has 0 atom stereocenters. The molecule has 0 saturated heterocycles. The third-order valence-electron chi connectivity index (χ3n) is 3.70. The molecule has 4 heteroatoms. The SMILES string of the molecule is Cc1cc2ncn(C(=O)Cc3ccc(Cl)cc3)c2cc1C. The van der Waals surface area contributed by atoms with Crippen molar-refractivity contribution in [1.82, 2.24) is 9.55 Å². The summed E-state index contributed by atoms with van der Waals surface area (Å²) in [5.41, 5.74) is 4.98. The molecule has 0 aliphatic rings. The van der Waals surface area contributed by atoms with Crippen LogP contribution in [0.1, 0.15) is 21.5 Å². The van der Waals surface area contributed by atoms with E-state index in [9.17, 15) is 4.79 Å².